The third-order valence-corrected chi connectivity index (χ3v) is 2.83. The van der Waals surface area contributed by atoms with Gasteiger partial charge >= 0.3 is 0 Å². The molecule has 0 aliphatic rings. The molecule has 0 heterocycles. The highest BCUT2D eigenvalue weighted by Crippen LogP contribution is 2.21. The fourth-order valence-electron chi connectivity index (χ4n) is 1.05. The summed E-state index contributed by atoms with van der Waals surface area (Å²) in [6.07, 6.45) is 0. The quantitative estimate of drug-likeness (QED) is 0.586. The van der Waals surface area contributed by atoms with Gasteiger partial charge in [0.2, 0.25) is 0 Å². The molecule has 1 aromatic carbocycles. The molecule has 0 radical (unpaired) electrons. The Labute approximate surface area is 69.7 Å². The van der Waals surface area contributed by atoms with Crippen LogP contribution >= 0.6 is 9.24 Å². The van der Waals surface area contributed by atoms with Crippen LogP contribution in [0.3, 0.4) is 0 Å². The van der Waals surface area contributed by atoms with Crippen molar-refractivity contribution in [3.05, 3.63) is 22.8 Å². The van der Waals surface area contributed by atoms with Crippen molar-refractivity contribution in [2.24, 2.45) is 0 Å². The predicted octanol–water partition coefficient (Wildman–Crippen LogP) is 1.82. The first-order valence-corrected chi connectivity index (χ1v) is 4.17. The van der Waals surface area contributed by atoms with Gasteiger partial charge in [-0.25, -0.2) is 0 Å². The number of hydrogen-bond donors (Lipinski definition) is 1. The number of rotatable bonds is 0. The standard InChI is InChI=1S/C9H13OP/c1-5-6(2)8(10)4-9(11)7(5)3/h4,10H,11H2,1-3H3. The van der Waals surface area contributed by atoms with Gasteiger partial charge in [-0.05, 0) is 48.8 Å². The molecule has 0 aliphatic heterocycles. The Kier molecular flexibility index (Phi) is 2.20. The van der Waals surface area contributed by atoms with Crippen molar-refractivity contribution in [1.29, 1.82) is 0 Å². The molecule has 0 amide bonds. The zero-order valence-electron chi connectivity index (χ0n) is 7.10. The van der Waals surface area contributed by atoms with Crippen molar-refractivity contribution in [2.45, 2.75) is 20.8 Å². The van der Waals surface area contributed by atoms with Crippen LogP contribution in [0.2, 0.25) is 0 Å². The van der Waals surface area contributed by atoms with E-state index in [-0.39, 0.29) is 0 Å². The van der Waals surface area contributed by atoms with E-state index in [0.717, 1.165) is 10.9 Å². The topological polar surface area (TPSA) is 20.2 Å². The van der Waals surface area contributed by atoms with Gasteiger partial charge < -0.3 is 5.11 Å². The van der Waals surface area contributed by atoms with Gasteiger partial charge in [-0.1, -0.05) is 0 Å². The van der Waals surface area contributed by atoms with Crippen LogP contribution in [0.15, 0.2) is 6.07 Å². The van der Waals surface area contributed by atoms with Gasteiger partial charge in [0.05, 0.1) is 0 Å². The molecular weight excluding hydrogens is 155 g/mol. The number of benzene rings is 1. The molecular formula is C9H13OP. The first kappa shape index (κ1) is 8.55. The molecule has 0 saturated carbocycles. The Bertz CT molecular complexity index is 266. The van der Waals surface area contributed by atoms with Gasteiger partial charge in [0.15, 0.2) is 0 Å². The lowest BCUT2D eigenvalue weighted by atomic mass is 10.0. The molecule has 1 unspecified atom stereocenters. The minimum absolute atomic E-state index is 0.387. The summed E-state index contributed by atoms with van der Waals surface area (Å²) in [5.41, 5.74) is 3.40. The summed E-state index contributed by atoms with van der Waals surface area (Å²) in [7, 11) is 2.62. The van der Waals surface area contributed by atoms with Gasteiger partial charge in [0.1, 0.15) is 5.75 Å². The zero-order valence-corrected chi connectivity index (χ0v) is 8.26. The molecule has 1 atom stereocenters. The van der Waals surface area contributed by atoms with E-state index in [1.165, 1.54) is 11.1 Å². The molecule has 1 nitrogen and oxygen atoms in total. The lowest BCUT2D eigenvalue weighted by molar-refractivity contribution is 0.471. The Morgan fingerprint density at radius 3 is 2.18 bits per heavy atom. The number of phenols is 1. The third kappa shape index (κ3) is 1.39. The Morgan fingerprint density at radius 1 is 1.09 bits per heavy atom. The average molecular weight is 168 g/mol. The minimum Gasteiger partial charge on any atom is -0.508 e. The smallest absolute Gasteiger partial charge is 0.119 e. The average Bonchev–Trinajstić information content (AvgIpc) is 1.97. The van der Waals surface area contributed by atoms with Crippen LogP contribution in [0.5, 0.6) is 5.75 Å². The van der Waals surface area contributed by atoms with Gasteiger partial charge in [0.25, 0.3) is 0 Å². The van der Waals surface area contributed by atoms with E-state index in [4.69, 9.17) is 0 Å². The van der Waals surface area contributed by atoms with E-state index >= 15 is 0 Å². The minimum atomic E-state index is 0.387. The Morgan fingerprint density at radius 2 is 1.64 bits per heavy atom. The summed E-state index contributed by atoms with van der Waals surface area (Å²) in [6.45, 7) is 6.02. The fraction of sp³-hybridized carbons (Fsp3) is 0.333. The van der Waals surface area contributed by atoms with E-state index in [2.05, 4.69) is 16.2 Å². The molecule has 0 saturated heterocycles. The highest BCUT2D eigenvalue weighted by atomic mass is 31.0. The predicted molar refractivity (Wildman–Crippen MR) is 51.7 cm³/mol. The molecule has 0 bridgehead atoms. The van der Waals surface area contributed by atoms with Crippen LogP contribution < -0.4 is 5.30 Å². The van der Waals surface area contributed by atoms with Gasteiger partial charge in [-0.15, -0.1) is 9.24 Å². The van der Waals surface area contributed by atoms with Crippen LogP contribution in [0, 0.1) is 20.8 Å². The van der Waals surface area contributed by atoms with Crippen LogP contribution in [-0.2, 0) is 0 Å². The maximum atomic E-state index is 9.39. The molecule has 60 valence electrons. The Hall–Kier alpha value is -0.550. The van der Waals surface area contributed by atoms with E-state index in [1.807, 2.05) is 13.8 Å². The zero-order chi connectivity index (χ0) is 8.59. The van der Waals surface area contributed by atoms with Crippen LogP contribution in [0.1, 0.15) is 16.7 Å². The second kappa shape index (κ2) is 2.83. The lowest BCUT2D eigenvalue weighted by Crippen LogP contribution is -2.01. The maximum absolute atomic E-state index is 9.39. The van der Waals surface area contributed by atoms with Crippen molar-refractivity contribution < 1.29 is 5.11 Å². The molecule has 0 aliphatic carbocycles. The van der Waals surface area contributed by atoms with Crippen molar-refractivity contribution in [1.82, 2.24) is 0 Å². The summed E-state index contributed by atoms with van der Waals surface area (Å²) < 4.78 is 0. The van der Waals surface area contributed by atoms with Crippen LogP contribution in [0.25, 0.3) is 0 Å². The number of hydrogen-bond acceptors (Lipinski definition) is 1. The molecule has 0 fully saturated rings. The first-order chi connectivity index (χ1) is 5.04. The van der Waals surface area contributed by atoms with Gasteiger partial charge in [0, 0.05) is 0 Å². The molecule has 2 heteroatoms. The van der Waals surface area contributed by atoms with Crippen molar-refractivity contribution in [3.63, 3.8) is 0 Å². The van der Waals surface area contributed by atoms with E-state index < -0.39 is 0 Å². The van der Waals surface area contributed by atoms with Crippen molar-refractivity contribution in [3.8, 4) is 5.75 Å². The second-order valence-corrected chi connectivity index (χ2v) is 3.48. The molecule has 11 heavy (non-hydrogen) atoms. The lowest BCUT2D eigenvalue weighted by Gasteiger charge is -2.09. The SMILES string of the molecule is Cc1c(O)cc(P)c(C)c1C. The van der Waals surface area contributed by atoms with Gasteiger partial charge in [-0.2, -0.15) is 0 Å². The van der Waals surface area contributed by atoms with Gasteiger partial charge in [-0.3, -0.25) is 0 Å². The second-order valence-electron chi connectivity index (χ2n) is 2.86. The summed E-state index contributed by atoms with van der Waals surface area (Å²) in [6, 6.07) is 1.78. The van der Waals surface area contributed by atoms with Crippen LogP contribution in [0.4, 0.5) is 0 Å². The maximum Gasteiger partial charge on any atom is 0.119 e. The fourth-order valence-corrected chi connectivity index (χ4v) is 1.43. The summed E-state index contributed by atoms with van der Waals surface area (Å²) >= 11 is 0. The normalized spacial score (nSPS) is 10.2. The molecule has 0 aromatic heterocycles. The van der Waals surface area contributed by atoms with Crippen molar-refractivity contribution >= 4 is 14.5 Å². The van der Waals surface area contributed by atoms with Crippen molar-refractivity contribution in [2.75, 3.05) is 0 Å². The summed E-state index contributed by atoms with van der Waals surface area (Å²) in [5, 5.41) is 10.5. The third-order valence-electron chi connectivity index (χ3n) is 2.23. The monoisotopic (exact) mass is 168 g/mol. The summed E-state index contributed by atoms with van der Waals surface area (Å²) in [4.78, 5) is 0. The summed E-state index contributed by atoms with van der Waals surface area (Å²) in [5.74, 6) is 0.387. The number of phenolic OH excluding ortho intramolecular Hbond substituents is 1. The molecule has 1 rings (SSSR count). The van der Waals surface area contributed by atoms with E-state index in [1.54, 1.807) is 6.07 Å². The molecule has 0 spiro atoms. The van der Waals surface area contributed by atoms with E-state index in [9.17, 15) is 5.11 Å². The molecule has 1 aromatic rings. The molecule has 1 N–H and O–H groups in total. The van der Waals surface area contributed by atoms with Crippen LogP contribution in [-0.4, -0.2) is 5.11 Å². The van der Waals surface area contributed by atoms with E-state index in [0.29, 0.717) is 5.75 Å². The number of aromatic hydroxyl groups is 1. The largest absolute Gasteiger partial charge is 0.508 e. The highest BCUT2D eigenvalue weighted by molar-refractivity contribution is 7.27. The highest BCUT2D eigenvalue weighted by Gasteiger charge is 2.04. The Balaban J connectivity index is 3.46. The first-order valence-electron chi connectivity index (χ1n) is 3.59.